The van der Waals surface area contributed by atoms with Gasteiger partial charge in [0, 0.05) is 64.5 Å². The molecule has 0 unspecified atom stereocenters. The van der Waals surface area contributed by atoms with Gasteiger partial charge < -0.3 is 20.7 Å². The lowest BCUT2D eigenvalue weighted by Crippen LogP contribution is -2.47. The number of hydrogen-bond donors (Lipinski definition) is 3. The second-order valence-corrected chi connectivity index (χ2v) is 6.88. The van der Waals surface area contributed by atoms with Crippen LogP contribution in [0.5, 0.6) is 0 Å². The van der Waals surface area contributed by atoms with E-state index in [0.717, 1.165) is 4.73 Å². The zero-order chi connectivity index (χ0) is 20.4. The van der Waals surface area contributed by atoms with E-state index < -0.39 is 11.9 Å². The molecule has 2 rings (SSSR count). The van der Waals surface area contributed by atoms with Crippen LogP contribution >= 0.6 is 0 Å². The number of carbonyl (C=O) groups is 2. The summed E-state index contributed by atoms with van der Waals surface area (Å²) in [4.78, 5) is 28.1. The number of carboxylic acids is 2. The summed E-state index contributed by atoms with van der Waals surface area (Å²) in [5.41, 5.74) is 0.603. The summed E-state index contributed by atoms with van der Waals surface area (Å²) >= 11 is 0. The SMILES string of the molecule is O=C(O)CN1CCNCCN(CC(=O)O)CCN(Cc2cccc[n+]2[O-])CC1. The molecule has 0 bridgehead atoms. The topological polar surface area (TPSA) is 123 Å². The molecule has 10 heteroatoms. The quantitative estimate of drug-likeness (QED) is 0.390. The van der Waals surface area contributed by atoms with E-state index in [9.17, 15) is 14.8 Å². The highest BCUT2D eigenvalue weighted by Gasteiger charge is 2.18. The van der Waals surface area contributed by atoms with Gasteiger partial charge in [0.1, 0.15) is 0 Å². The second-order valence-electron chi connectivity index (χ2n) is 6.88. The van der Waals surface area contributed by atoms with E-state index in [1.54, 1.807) is 18.2 Å². The number of pyridine rings is 1. The Bertz CT molecular complexity index is 615. The molecule has 1 saturated heterocycles. The molecule has 0 aromatic carbocycles. The Kier molecular flexibility index (Phi) is 9.08. The van der Waals surface area contributed by atoms with Crippen LogP contribution < -0.4 is 10.0 Å². The van der Waals surface area contributed by atoms with Gasteiger partial charge in [-0.1, -0.05) is 0 Å². The van der Waals surface area contributed by atoms with Crippen LogP contribution in [0.3, 0.4) is 0 Å². The lowest BCUT2D eigenvalue weighted by atomic mass is 10.3. The summed E-state index contributed by atoms with van der Waals surface area (Å²) < 4.78 is 0.823. The van der Waals surface area contributed by atoms with Gasteiger partial charge in [0.15, 0.2) is 6.20 Å². The van der Waals surface area contributed by atoms with Crippen LogP contribution in [0, 0.1) is 5.21 Å². The van der Waals surface area contributed by atoms with Crippen molar-refractivity contribution in [1.82, 2.24) is 20.0 Å². The zero-order valence-corrected chi connectivity index (χ0v) is 16.0. The Labute approximate surface area is 164 Å². The summed E-state index contributed by atoms with van der Waals surface area (Å²) in [5.74, 6) is -1.74. The van der Waals surface area contributed by atoms with Gasteiger partial charge >= 0.3 is 11.9 Å². The highest BCUT2D eigenvalue weighted by molar-refractivity contribution is 5.69. The number of rotatable bonds is 6. The van der Waals surface area contributed by atoms with E-state index in [-0.39, 0.29) is 13.1 Å². The highest BCUT2D eigenvalue weighted by atomic mass is 16.5. The summed E-state index contributed by atoms with van der Waals surface area (Å²) in [6.07, 6.45) is 1.45. The first kappa shape index (κ1) is 22.0. The molecule has 0 atom stereocenters. The van der Waals surface area contributed by atoms with E-state index in [4.69, 9.17) is 10.2 Å². The Morgan fingerprint density at radius 2 is 1.46 bits per heavy atom. The van der Waals surface area contributed by atoms with Crippen molar-refractivity contribution in [3.63, 3.8) is 0 Å². The van der Waals surface area contributed by atoms with Gasteiger partial charge in [0.2, 0.25) is 5.69 Å². The molecule has 0 aliphatic carbocycles. The number of carboxylic acid groups (broad SMARTS) is 2. The number of nitrogens with one attached hydrogen (secondary N) is 1. The molecule has 1 aliphatic rings. The molecule has 1 aliphatic heterocycles. The average Bonchev–Trinajstić information content (AvgIpc) is 2.62. The summed E-state index contributed by atoms with van der Waals surface area (Å²) in [6.45, 7) is 5.08. The zero-order valence-electron chi connectivity index (χ0n) is 16.0. The fourth-order valence-corrected chi connectivity index (χ4v) is 3.17. The predicted molar refractivity (Wildman–Crippen MR) is 102 cm³/mol. The van der Waals surface area contributed by atoms with Gasteiger partial charge in [0.25, 0.3) is 0 Å². The van der Waals surface area contributed by atoms with Crippen molar-refractivity contribution in [2.24, 2.45) is 0 Å². The minimum Gasteiger partial charge on any atom is -0.618 e. The van der Waals surface area contributed by atoms with Gasteiger partial charge in [-0.2, -0.15) is 4.73 Å². The Hall–Kier alpha value is -2.27. The van der Waals surface area contributed by atoms with Gasteiger partial charge in [-0.15, -0.1) is 0 Å². The van der Waals surface area contributed by atoms with Crippen molar-refractivity contribution in [1.29, 1.82) is 0 Å². The summed E-state index contributed by atoms with van der Waals surface area (Å²) in [6, 6.07) is 5.24. The third-order valence-corrected chi connectivity index (χ3v) is 4.68. The van der Waals surface area contributed by atoms with E-state index in [2.05, 4.69) is 10.2 Å². The van der Waals surface area contributed by atoms with Crippen LogP contribution in [-0.4, -0.2) is 102 Å². The molecule has 1 aromatic heterocycles. The third kappa shape index (κ3) is 8.17. The number of nitrogens with zero attached hydrogens (tertiary/aromatic N) is 4. The number of hydrogen-bond acceptors (Lipinski definition) is 7. The molecule has 0 saturated carbocycles. The van der Waals surface area contributed by atoms with Crippen LogP contribution in [0.1, 0.15) is 5.69 Å². The Morgan fingerprint density at radius 3 is 1.96 bits per heavy atom. The van der Waals surface area contributed by atoms with Crippen molar-refractivity contribution in [2.45, 2.75) is 6.54 Å². The standard InChI is InChI=1S/C18H29N5O5/c24-17(25)14-20-7-4-19-5-8-21(15-18(26)27)10-12-22(11-9-20)13-16-3-1-2-6-23(16)28/h1-3,6,19H,4-5,7-15H2,(H,24,25)(H,26,27). The molecule has 0 radical (unpaired) electrons. The first-order chi connectivity index (χ1) is 13.4. The fourth-order valence-electron chi connectivity index (χ4n) is 3.17. The van der Waals surface area contributed by atoms with Crippen molar-refractivity contribution < 1.29 is 24.5 Å². The van der Waals surface area contributed by atoms with Crippen LogP contribution in [0.2, 0.25) is 0 Å². The molecule has 156 valence electrons. The van der Waals surface area contributed by atoms with Gasteiger partial charge in [-0.3, -0.25) is 24.3 Å². The normalized spacial score (nSPS) is 18.9. The van der Waals surface area contributed by atoms with Crippen LogP contribution in [-0.2, 0) is 16.1 Å². The molecule has 10 nitrogen and oxygen atoms in total. The van der Waals surface area contributed by atoms with Crippen molar-refractivity contribution in [2.75, 3.05) is 65.4 Å². The average molecular weight is 395 g/mol. The number of aliphatic carboxylic acids is 2. The lowest BCUT2D eigenvalue weighted by molar-refractivity contribution is -0.615. The Balaban J connectivity index is 2.08. The Morgan fingerprint density at radius 1 is 0.929 bits per heavy atom. The molecule has 28 heavy (non-hydrogen) atoms. The van der Waals surface area contributed by atoms with Gasteiger partial charge in [-0.25, -0.2) is 0 Å². The first-order valence-electron chi connectivity index (χ1n) is 9.42. The predicted octanol–water partition coefficient (Wildman–Crippen LogP) is -1.50. The van der Waals surface area contributed by atoms with Crippen LogP contribution in [0.25, 0.3) is 0 Å². The lowest BCUT2D eigenvalue weighted by Gasteiger charge is -2.30. The summed E-state index contributed by atoms with van der Waals surface area (Å²) in [5, 5.41) is 33.5. The molecular formula is C18H29N5O5. The van der Waals surface area contributed by atoms with E-state index in [1.807, 2.05) is 9.80 Å². The maximum atomic E-state index is 12.0. The van der Waals surface area contributed by atoms with Crippen molar-refractivity contribution in [3.05, 3.63) is 35.3 Å². The van der Waals surface area contributed by atoms with Gasteiger partial charge in [-0.05, 0) is 6.07 Å². The van der Waals surface area contributed by atoms with E-state index in [0.29, 0.717) is 64.6 Å². The number of aromatic nitrogens is 1. The monoisotopic (exact) mass is 395 g/mol. The molecule has 1 fully saturated rings. The fraction of sp³-hybridized carbons (Fsp3) is 0.611. The first-order valence-corrected chi connectivity index (χ1v) is 9.42. The minimum absolute atomic E-state index is 0.0342. The third-order valence-electron chi connectivity index (χ3n) is 4.68. The van der Waals surface area contributed by atoms with Crippen molar-refractivity contribution >= 4 is 11.9 Å². The van der Waals surface area contributed by atoms with Crippen LogP contribution in [0.15, 0.2) is 24.4 Å². The van der Waals surface area contributed by atoms with Crippen molar-refractivity contribution in [3.8, 4) is 0 Å². The maximum absolute atomic E-state index is 12.0. The summed E-state index contributed by atoms with van der Waals surface area (Å²) in [7, 11) is 0. The molecule has 2 heterocycles. The maximum Gasteiger partial charge on any atom is 0.317 e. The molecular weight excluding hydrogens is 366 g/mol. The minimum atomic E-state index is -0.869. The molecule has 1 aromatic rings. The molecule has 3 N–H and O–H groups in total. The van der Waals surface area contributed by atoms with E-state index in [1.165, 1.54) is 6.20 Å². The van der Waals surface area contributed by atoms with Gasteiger partial charge in [0.05, 0.1) is 19.6 Å². The second kappa shape index (κ2) is 11.5. The van der Waals surface area contributed by atoms with E-state index >= 15 is 0 Å². The molecule has 0 spiro atoms. The smallest absolute Gasteiger partial charge is 0.317 e. The highest BCUT2D eigenvalue weighted by Crippen LogP contribution is 2.03. The molecule has 0 amide bonds. The van der Waals surface area contributed by atoms with Crippen LogP contribution in [0.4, 0.5) is 0 Å². The largest absolute Gasteiger partial charge is 0.618 e.